The molecule has 5 rings (SSSR count). The van der Waals surface area contributed by atoms with Gasteiger partial charge in [-0.1, -0.05) is 12.5 Å². The molecule has 5 aliphatic rings. The van der Waals surface area contributed by atoms with Crippen LogP contribution < -0.4 is 0 Å². The molecule has 1 saturated carbocycles. The van der Waals surface area contributed by atoms with Crippen LogP contribution in [0.25, 0.3) is 0 Å². The summed E-state index contributed by atoms with van der Waals surface area (Å²) in [4.78, 5) is 50.1. The van der Waals surface area contributed by atoms with Crippen molar-refractivity contribution in [2.75, 3.05) is 0 Å². The summed E-state index contributed by atoms with van der Waals surface area (Å²) < 4.78 is 36.0. The number of hydrogen-bond donors (Lipinski definition) is 0. The van der Waals surface area contributed by atoms with Gasteiger partial charge in [0.1, 0.15) is 18.3 Å². The van der Waals surface area contributed by atoms with Crippen molar-refractivity contribution < 1.29 is 47.6 Å². The van der Waals surface area contributed by atoms with Gasteiger partial charge < -0.3 is 28.4 Å². The summed E-state index contributed by atoms with van der Waals surface area (Å²) in [5.74, 6) is -2.71. The lowest BCUT2D eigenvalue weighted by atomic mass is 9.53. The predicted molar refractivity (Wildman–Crippen MR) is 121 cm³/mol. The Labute approximate surface area is 209 Å². The molecule has 0 unspecified atom stereocenters. The van der Waals surface area contributed by atoms with Gasteiger partial charge in [-0.2, -0.15) is 0 Å². The monoisotopic (exact) mass is 506 g/mol. The smallest absolute Gasteiger partial charge is 0.342 e. The highest BCUT2D eigenvalue weighted by atomic mass is 16.7. The number of epoxide rings is 2. The first-order chi connectivity index (χ1) is 16.7. The summed E-state index contributed by atoms with van der Waals surface area (Å²) in [6, 6.07) is 0. The van der Waals surface area contributed by atoms with Crippen molar-refractivity contribution in [3.05, 3.63) is 11.6 Å². The van der Waals surface area contributed by atoms with Gasteiger partial charge in [-0.25, -0.2) is 4.79 Å². The van der Waals surface area contributed by atoms with E-state index in [0.29, 0.717) is 19.3 Å². The van der Waals surface area contributed by atoms with Crippen molar-refractivity contribution in [3.63, 3.8) is 0 Å². The number of hydrogen-bond acceptors (Lipinski definition) is 10. The Morgan fingerprint density at radius 3 is 2.17 bits per heavy atom. The first-order valence-corrected chi connectivity index (χ1v) is 12.5. The number of esters is 4. The van der Waals surface area contributed by atoms with Crippen LogP contribution in [-0.2, 0) is 47.6 Å². The zero-order valence-corrected chi connectivity index (χ0v) is 21.7. The maximum Gasteiger partial charge on any atom is 0.342 e. The average Bonchev–Trinajstić information content (AvgIpc) is 3.58. The minimum Gasteiger partial charge on any atom is -0.462 e. The molecule has 10 atom stereocenters. The van der Waals surface area contributed by atoms with Crippen LogP contribution in [0.4, 0.5) is 0 Å². The molecule has 0 aromatic rings. The molecule has 1 spiro atoms. The lowest BCUT2D eigenvalue weighted by Crippen LogP contribution is -2.66. The highest BCUT2D eigenvalue weighted by Crippen LogP contribution is 2.69. The van der Waals surface area contributed by atoms with Crippen LogP contribution >= 0.6 is 0 Å². The first-order valence-electron chi connectivity index (χ1n) is 12.5. The van der Waals surface area contributed by atoms with Gasteiger partial charge in [0, 0.05) is 33.1 Å². The molecule has 0 radical (unpaired) electrons. The van der Waals surface area contributed by atoms with Crippen molar-refractivity contribution >= 4 is 23.9 Å². The van der Waals surface area contributed by atoms with Gasteiger partial charge in [-0.3, -0.25) is 14.4 Å². The molecule has 10 heteroatoms. The molecule has 4 fully saturated rings. The number of allylic oxidation sites excluding steroid dienone is 1. The van der Waals surface area contributed by atoms with Gasteiger partial charge in [0.15, 0.2) is 17.3 Å². The lowest BCUT2D eigenvalue weighted by molar-refractivity contribution is -0.212. The SMILES string of the molecule is CC(=O)O[C@H]1CC/C(C)=C\[C@@H]2OC(=O)[C@]3(C)O[C@@]23[C@@H](OC(C)=O)[C@H]2[C@@]3(C)O[C@H]3C[C@H](OC(C)=O)[C@]12C. The molecule has 198 valence electrons. The predicted octanol–water partition coefficient (Wildman–Crippen LogP) is 2.16. The number of carbonyl (C=O) groups is 4. The van der Waals surface area contributed by atoms with E-state index in [9.17, 15) is 19.2 Å². The molecule has 3 heterocycles. The molecule has 0 amide bonds. The number of rotatable bonds is 3. The van der Waals surface area contributed by atoms with Gasteiger partial charge in [0.25, 0.3) is 0 Å². The van der Waals surface area contributed by atoms with Crippen molar-refractivity contribution in [1.29, 1.82) is 0 Å². The zero-order chi connectivity index (χ0) is 26.4. The summed E-state index contributed by atoms with van der Waals surface area (Å²) in [7, 11) is 0. The normalized spacial score (nSPS) is 50.0. The molecule has 0 aromatic carbocycles. The van der Waals surface area contributed by atoms with Crippen LogP contribution in [0, 0.1) is 11.3 Å². The van der Waals surface area contributed by atoms with Gasteiger partial charge in [-0.15, -0.1) is 0 Å². The molecular formula is C26H34O10. The number of fused-ring (bicyclic) bond motifs is 3. The van der Waals surface area contributed by atoms with Crippen LogP contribution in [0.5, 0.6) is 0 Å². The second-order valence-electron chi connectivity index (χ2n) is 11.4. The second kappa shape index (κ2) is 7.77. The van der Waals surface area contributed by atoms with E-state index >= 15 is 0 Å². The van der Waals surface area contributed by atoms with E-state index in [1.165, 1.54) is 20.8 Å². The third kappa shape index (κ3) is 3.29. The van der Waals surface area contributed by atoms with Crippen molar-refractivity contribution in [2.45, 2.75) is 115 Å². The molecule has 0 bridgehead atoms. The zero-order valence-electron chi connectivity index (χ0n) is 21.7. The fraction of sp³-hybridized carbons (Fsp3) is 0.769. The topological polar surface area (TPSA) is 130 Å². The molecule has 10 nitrogen and oxygen atoms in total. The molecule has 36 heavy (non-hydrogen) atoms. The Morgan fingerprint density at radius 2 is 1.58 bits per heavy atom. The Balaban J connectivity index is 1.75. The lowest BCUT2D eigenvalue weighted by Gasteiger charge is -2.54. The highest BCUT2D eigenvalue weighted by molar-refractivity contribution is 5.89. The van der Waals surface area contributed by atoms with Crippen molar-refractivity contribution in [2.24, 2.45) is 11.3 Å². The van der Waals surface area contributed by atoms with Gasteiger partial charge in [0.05, 0.1) is 17.1 Å². The van der Waals surface area contributed by atoms with E-state index in [1.54, 1.807) is 6.92 Å². The van der Waals surface area contributed by atoms with E-state index in [-0.39, 0.29) is 6.10 Å². The minimum atomic E-state index is -1.33. The quantitative estimate of drug-likeness (QED) is 0.243. The van der Waals surface area contributed by atoms with Crippen molar-refractivity contribution in [3.8, 4) is 0 Å². The summed E-state index contributed by atoms with van der Waals surface area (Å²) in [5, 5.41) is 0. The van der Waals surface area contributed by atoms with E-state index in [2.05, 4.69) is 0 Å². The van der Waals surface area contributed by atoms with E-state index in [1.807, 2.05) is 26.8 Å². The Bertz CT molecular complexity index is 1070. The molecular weight excluding hydrogens is 472 g/mol. The van der Waals surface area contributed by atoms with Gasteiger partial charge >= 0.3 is 23.9 Å². The maximum absolute atomic E-state index is 13.0. The summed E-state index contributed by atoms with van der Waals surface area (Å²) in [5.41, 5.74) is -3.59. The molecule has 3 saturated heterocycles. The van der Waals surface area contributed by atoms with Crippen LogP contribution in [0.15, 0.2) is 11.6 Å². The number of carbonyl (C=O) groups excluding carboxylic acids is 4. The number of ether oxygens (including phenoxy) is 6. The largest absolute Gasteiger partial charge is 0.462 e. The van der Waals surface area contributed by atoms with E-state index < -0.39 is 76.4 Å². The van der Waals surface area contributed by atoms with E-state index in [4.69, 9.17) is 28.4 Å². The fourth-order valence-electron chi connectivity index (χ4n) is 7.29. The first kappa shape index (κ1) is 25.2. The van der Waals surface area contributed by atoms with Crippen LogP contribution in [-0.4, -0.2) is 71.2 Å². The van der Waals surface area contributed by atoms with Crippen molar-refractivity contribution in [1.82, 2.24) is 0 Å². The third-order valence-corrected chi connectivity index (χ3v) is 9.08. The van der Waals surface area contributed by atoms with Gasteiger partial charge in [-0.05, 0) is 39.7 Å². The van der Waals surface area contributed by atoms with Crippen LogP contribution in [0.1, 0.15) is 67.7 Å². The Hall–Kier alpha value is -2.46. The van der Waals surface area contributed by atoms with Crippen LogP contribution in [0.3, 0.4) is 0 Å². The molecule has 2 aliphatic carbocycles. The summed E-state index contributed by atoms with van der Waals surface area (Å²) >= 11 is 0. The molecule has 3 aliphatic heterocycles. The van der Waals surface area contributed by atoms with Crippen LogP contribution in [0.2, 0.25) is 0 Å². The second-order valence-corrected chi connectivity index (χ2v) is 11.4. The average molecular weight is 507 g/mol. The molecule has 0 aromatic heterocycles. The summed E-state index contributed by atoms with van der Waals surface area (Å²) in [6.45, 7) is 11.3. The fourth-order valence-corrected chi connectivity index (χ4v) is 7.29. The Kier molecular flexibility index (Phi) is 5.44. The van der Waals surface area contributed by atoms with E-state index in [0.717, 1.165) is 5.57 Å². The maximum atomic E-state index is 13.0. The van der Waals surface area contributed by atoms with Gasteiger partial charge in [0.2, 0.25) is 0 Å². The molecule has 0 N–H and O–H groups in total. The minimum absolute atomic E-state index is 0.283. The third-order valence-electron chi connectivity index (χ3n) is 9.08. The highest BCUT2D eigenvalue weighted by Gasteiger charge is 2.89. The standard InChI is InChI=1S/C26H34O10/c1-12-8-9-16(31-13(2)27)23(5)17(32-14(3)28)11-18-24(6,35-18)20(23)21(33-15(4)29)26-19(10-12)34-22(30)25(26,7)36-26/h10,16-21H,8-9,11H2,1-7H3/b12-10-/t16-,17-,18-,19-,20+,21-,23-,24-,25-,26+/m0/s1. The Morgan fingerprint density at radius 1 is 0.972 bits per heavy atom. The summed E-state index contributed by atoms with van der Waals surface area (Å²) in [6.07, 6.45) is -0.313.